The molecule has 0 aromatic carbocycles. The van der Waals surface area contributed by atoms with Gasteiger partial charge in [-0.3, -0.25) is 4.79 Å². The molecule has 2 aliphatic rings. The number of amides is 1. The molecule has 2 fully saturated rings. The fourth-order valence-electron chi connectivity index (χ4n) is 7.53. The van der Waals surface area contributed by atoms with Gasteiger partial charge in [-0.15, -0.1) is 0 Å². The Bertz CT molecular complexity index is 1430. The molecule has 0 aromatic heterocycles. The highest BCUT2D eigenvalue weighted by Crippen LogP contribution is 2.30. The van der Waals surface area contributed by atoms with Crippen molar-refractivity contribution in [3.05, 3.63) is 85.1 Å². The van der Waals surface area contributed by atoms with Crippen LogP contribution in [0.4, 0.5) is 0 Å². The van der Waals surface area contributed by atoms with E-state index >= 15 is 0 Å². The van der Waals surface area contributed by atoms with E-state index in [9.17, 15) is 45.6 Å². The number of hydrogen-bond donors (Lipinski definition) is 9. The van der Waals surface area contributed by atoms with Gasteiger partial charge in [-0.25, -0.2) is 0 Å². The van der Waals surface area contributed by atoms with Crippen LogP contribution in [0.25, 0.3) is 0 Å². The topological polar surface area (TPSA) is 228 Å². The molecule has 0 saturated carbocycles. The molecule has 0 bridgehead atoms. The van der Waals surface area contributed by atoms with Crippen LogP contribution < -0.4 is 5.32 Å². The van der Waals surface area contributed by atoms with Crippen molar-refractivity contribution in [2.75, 3.05) is 19.8 Å². The minimum absolute atomic E-state index is 0.221. The van der Waals surface area contributed by atoms with Gasteiger partial charge in [0, 0.05) is 6.42 Å². The molecular formula is C52H87NO13. The number of allylic oxidation sites excluding steroid dienone is 13. The minimum Gasteiger partial charge on any atom is -0.394 e. The number of nitrogens with one attached hydrogen (secondary N) is 1. The molecule has 14 nitrogen and oxygen atoms in total. The maximum atomic E-state index is 13.1. The lowest BCUT2D eigenvalue weighted by molar-refractivity contribution is -0.359. The van der Waals surface area contributed by atoms with Crippen LogP contribution in [0.15, 0.2) is 85.1 Å². The molecule has 12 atom stereocenters. The van der Waals surface area contributed by atoms with Crippen molar-refractivity contribution < 1.29 is 64.6 Å². The highest BCUT2D eigenvalue weighted by molar-refractivity contribution is 5.76. The quantitative estimate of drug-likeness (QED) is 0.0252. The molecule has 2 saturated heterocycles. The predicted molar refractivity (Wildman–Crippen MR) is 258 cm³/mol. The van der Waals surface area contributed by atoms with Crippen molar-refractivity contribution >= 4 is 5.91 Å². The van der Waals surface area contributed by atoms with Crippen LogP contribution in [-0.4, -0.2) is 140 Å². The molecule has 9 N–H and O–H groups in total. The Balaban J connectivity index is 1.86. The summed E-state index contributed by atoms with van der Waals surface area (Å²) in [6, 6.07) is -0.941. The Morgan fingerprint density at radius 1 is 0.561 bits per heavy atom. The Labute approximate surface area is 395 Å². The van der Waals surface area contributed by atoms with Gasteiger partial charge in [0.15, 0.2) is 12.6 Å². The van der Waals surface area contributed by atoms with E-state index in [0.717, 1.165) is 77.0 Å². The molecule has 2 aliphatic heterocycles. The molecule has 14 heteroatoms. The number of carbonyl (C=O) groups excluding carboxylic acids is 1. The first-order valence-electron chi connectivity index (χ1n) is 24.8. The summed E-state index contributed by atoms with van der Waals surface area (Å²) in [4.78, 5) is 13.1. The molecule has 1 amide bonds. The van der Waals surface area contributed by atoms with Gasteiger partial charge in [0.2, 0.25) is 5.91 Å². The van der Waals surface area contributed by atoms with E-state index in [-0.39, 0.29) is 18.9 Å². The number of ether oxygens (including phenoxy) is 4. The SMILES string of the molecule is CC/C=C\C/C=C\C/C=C\C/C=C\C/C=C\C/C=C\CCCCC(=O)NC(COC1OC(CO)C(OC2OC(CO)C(O)C(O)C2O)C(O)C1O)C(O)/C=C/CCCCCCCCCCC. The standard InChI is InChI=1S/C52H87NO13/c1-3-5-7-9-11-13-15-16-17-18-19-20-21-22-23-24-26-28-30-32-34-36-44(57)53-40(41(56)35-33-31-29-27-25-14-12-10-8-6-4-2)39-63-51-49(62)47(60)50(43(38-55)65-51)66-52-48(61)46(59)45(58)42(37-54)64-52/h5,7,11,13,16-17,19-20,22-23,26,28,33,35,40-43,45-52,54-56,58-62H,3-4,6,8-10,12,14-15,18,21,24-25,27,29-32,34,36-39H2,1-2H3,(H,53,57)/b7-5-,13-11-,17-16-,20-19-,23-22-,28-26-,35-33+. The van der Waals surface area contributed by atoms with E-state index in [4.69, 9.17) is 18.9 Å². The third-order valence-corrected chi connectivity index (χ3v) is 11.6. The first-order valence-corrected chi connectivity index (χ1v) is 24.8. The average Bonchev–Trinajstić information content (AvgIpc) is 3.31. The van der Waals surface area contributed by atoms with Crippen LogP contribution >= 0.6 is 0 Å². The molecule has 0 aromatic rings. The molecule has 0 aliphatic carbocycles. The fraction of sp³-hybridized carbons (Fsp3) is 0.712. The maximum absolute atomic E-state index is 13.1. The maximum Gasteiger partial charge on any atom is 0.220 e. The van der Waals surface area contributed by atoms with Crippen molar-refractivity contribution in [3.8, 4) is 0 Å². The number of aliphatic hydroxyl groups excluding tert-OH is 8. The highest BCUT2D eigenvalue weighted by atomic mass is 16.7. The van der Waals surface area contributed by atoms with Crippen LogP contribution in [0.3, 0.4) is 0 Å². The summed E-state index contributed by atoms with van der Waals surface area (Å²) in [5.74, 6) is -0.288. The van der Waals surface area contributed by atoms with Crippen molar-refractivity contribution in [1.29, 1.82) is 0 Å². The number of rotatable bonds is 36. The van der Waals surface area contributed by atoms with Crippen LogP contribution in [0.1, 0.15) is 142 Å². The Morgan fingerprint density at radius 2 is 1.05 bits per heavy atom. The highest BCUT2D eigenvalue weighted by Gasteiger charge is 2.51. The van der Waals surface area contributed by atoms with E-state index in [1.165, 1.54) is 38.5 Å². The molecular weight excluding hydrogens is 847 g/mol. The van der Waals surface area contributed by atoms with Gasteiger partial charge in [-0.05, 0) is 70.6 Å². The predicted octanol–water partition coefficient (Wildman–Crippen LogP) is 6.21. The van der Waals surface area contributed by atoms with Crippen LogP contribution in [-0.2, 0) is 23.7 Å². The van der Waals surface area contributed by atoms with E-state index in [0.29, 0.717) is 6.42 Å². The Hall–Kier alpha value is -2.83. The monoisotopic (exact) mass is 934 g/mol. The van der Waals surface area contributed by atoms with Gasteiger partial charge in [0.25, 0.3) is 0 Å². The summed E-state index contributed by atoms with van der Waals surface area (Å²) in [6.07, 6.45) is 32.0. The molecule has 2 rings (SSSR count). The summed E-state index contributed by atoms with van der Waals surface area (Å²) in [6.45, 7) is 2.59. The largest absolute Gasteiger partial charge is 0.394 e. The average molecular weight is 934 g/mol. The summed E-state index contributed by atoms with van der Waals surface area (Å²) < 4.78 is 22.6. The summed E-state index contributed by atoms with van der Waals surface area (Å²) >= 11 is 0. The number of unbranched alkanes of at least 4 members (excludes halogenated alkanes) is 11. The third-order valence-electron chi connectivity index (χ3n) is 11.6. The van der Waals surface area contributed by atoms with Crippen molar-refractivity contribution in [3.63, 3.8) is 0 Å². The van der Waals surface area contributed by atoms with Crippen molar-refractivity contribution in [2.24, 2.45) is 0 Å². The van der Waals surface area contributed by atoms with E-state index < -0.39 is 86.8 Å². The minimum atomic E-state index is -1.80. The number of aliphatic hydroxyl groups is 8. The summed E-state index contributed by atoms with van der Waals surface area (Å²) in [5.41, 5.74) is 0. The molecule has 0 radical (unpaired) electrons. The van der Waals surface area contributed by atoms with Gasteiger partial charge in [-0.2, -0.15) is 0 Å². The number of carbonyl (C=O) groups is 1. The van der Waals surface area contributed by atoms with Gasteiger partial charge < -0.3 is 65.1 Å². The molecule has 66 heavy (non-hydrogen) atoms. The van der Waals surface area contributed by atoms with E-state index in [1.54, 1.807) is 6.08 Å². The van der Waals surface area contributed by atoms with Crippen molar-refractivity contribution in [2.45, 2.75) is 216 Å². The zero-order valence-electron chi connectivity index (χ0n) is 39.9. The van der Waals surface area contributed by atoms with Gasteiger partial charge in [-0.1, -0.05) is 150 Å². The number of hydrogen-bond acceptors (Lipinski definition) is 13. The zero-order valence-corrected chi connectivity index (χ0v) is 39.9. The first kappa shape index (κ1) is 59.3. The second-order valence-corrected chi connectivity index (χ2v) is 17.2. The second kappa shape index (κ2) is 38.1. The van der Waals surface area contributed by atoms with Crippen molar-refractivity contribution in [1.82, 2.24) is 5.32 Å². The first-order chi connectivity index (χ1) is 32.1. The Kier molecular flexibility index (Phi) is 34.2. The lowest BCUT2D eigenvalue weighted by atomic mass is 9.97. The van der Waals surface area contributed by atoms with Crippen LogP contribution in [0.2, 0.25) is 0 Å². The summed E-state index contributed by atoms with van der Waals surface area (Å²) in [7, 11) is 0. The molecule has 0 spiro atoms. The Morgan fingerprint density at radius 3 is 1.61 bits per heavy atom. The zero-order chi connectivity index (χ0) is 48.2. The lowest BCUT2D eigenvalue weighted by Crippen LogP contribution is -2.65. The van der Waals surface area contributed by atoms with Crippen LogP contribution in [0.5, 0.6) is 0 Å². The fourth-order valence-corrected chi connectivity index (χ4v) is 7.53. The normalized spacial score (nSPS) is 27.5. The van der Waals surface area contributed by atoms with Crippen LogP contribution in [0, 0.1) is 0 Å². The van der Waals surface area contributed by atoms with Gasteiger partial charge >= 0.3 is 0 Å². The third kappa shape index (κ3) is 25.0. The second-order valence-electron chi connectivity index (χ2n) is 17.2. The molecule has 378 valence electrons. The smallest absolute Gasteiger partial charge is 0.220 e. The van der Waals surface area contributed by atoms with E-state index in [1.807, 2.05) is 6.08 Å². The molecule has 2 heterocycles. The van der Waals surface area contributed by atoms with Gasteiger partial charge in [0.1, 0.15) is 48.8 Å². The van der Waals surface area contributed by atoms with Gasteiger partial charge in [0.05, 0.1) is 32.0 Å². The molecule has 12 unspecified atom stereocenters. The summed E-state index contributed by atoms with van der Waals surface area (Å²) in [5, 5.41) is 86.6. The van der Waals surface area contributed by atoms with E-state index in [2.05, 4.69) is 92.1 Å². The lowest BCUT2D eigenvalue weighted by Gasteiger charge is -2.46.